The molecule has 18 heteroatoms. The molecule has 5 heterocycles. The van der Waals surface area contributed by atoms with Crippen molar-refractivity contribution in [1.29, 1.82) is 0 Å². The number of imide groups is 1. The van der Waals surface area contributed by atoms with Gasteiger partial charge in [-0.1, -0.05) is 54.9 Å². The number of aliphatic hydroxyl groups is 1. The molecule has 15 nitrogen and oxygen atoms in total. The topological polar surface area (TPSA) is 185 Å². The smallest absolute Gasteiger partial charge is 0.329 e. The molecule has 4 aromatic carbocycles. The summed E-state index contributed by atoms with van der Waals surface area (Å²) in [6, 6.07) is 19.9. The number of halogens is 3. The number of nitrogens with two attached hydrogens (primary N) is 1. The lowest BCUT2D eigenvalue weighted by atomic mass is 9.46. The molecule has 4 bridgehead atoms. The zero-order valence-electron chi connectivity index (χ0n) is 43.0. The van der Waals surface area contributed by atoms with Crippen molar-refractivity contribution in [3.05, 3.63) is 106 Å². The molecule has 5 N–H and O–H groups in total. The van der Waals surface area contributed by atoms with Gasteiger partial charge in [0.15, 0.2) is 23.0 Å². The van der Waals surface area contributed by atoms with Gasteiger partial charge in [-0.15, -0.1) is 0 Å². The number of anilines is 1. The Hall–Kier alpha value is -6.14. The van der Waals surface area contributed by atoms with Crippen LogP contribution in [0.2, 0.25) is 5.02 Å². The maximum absolute atomic E-state index is 16.7. The predicted molar refractivity (Wildman–Crippen MR) is 282 cm³/mol. The summed E-state index contributed by atoms with van der Waals surface area (Å²) in [4.78, 5) is 58.9. The van der Waals surface area contributed by atoms with Gasteiger partial charge < -0.3 is 35.4 Å². The number of hydrogen-bond acceptors (Lipinski definition) is 10. The van der Waals surface area contributed by atoms with Gasteiger partial charge in [0.1, 0.15) is 18.2 Å². The van der Waals surface area contributed by atoms with Gasteiger partial charge in [0, 0.05) is 85.3 Å². The Balaban J connectivity index is 0.738. The number of carbonyl (C=O) groups excluding carboxylic acids is 4. The van der Waals surface area contributed by atoms with E-state index in [-0.39, 0.29) is 70.2 Å². The van der Waals surface area contributed by atoms with Gasteiger partial charge in [-0.3, -0.25) is 29.3 Å². The van der Waals surface area contributed by atoms with Crippen molar-refractivity contribution in [2.24, 2.45) is 30.0 Å². The monoisotopic (exact) mass is 1060 g/mol. The molecule has 4 atom stereocenters. The number of nitrogens with one attached hydrogen (secondary N) is 2. The number of rotatable bonds is 13. The zero-order valence-corrected chi connectivity index (χ0v) is 43.8. The van der Waals surface area contributed by atoms with Crippen molar-refractivity contribution in [3.63, 3.8) is 0 Å². The Morgan fingerprint density at radius 1 is 0.947 bits per heavy atom. The van der Waals surface area contributed by atoms with Crippen LogP contribution in [0, 0.1) is 28.9 Å². The normalized spacial score (nSPS) is 27.7. The lowest BCUT2D eigenvalue weighted by Crippen LogP contribution is -2.67. The third-order valence-electron chi connectivity index (χ3n) is 18.6. The highest BCUT2D eigenvalue weighted by Crippen LogP contribution is 2.63. The summed E-state index contributed by atoms with van der Waals surface area (Å²) < 4.78 is 47.2. The minimum Gasteiger partial charge on any atom is -0.488 e. The number of amides is 5. The third kappa shape index (κ3) is 8.50. The van der Waals surface area contributed by atoms with Crippen LogP contribution in [-0.4, -0.2) is 113 Å². The van der Waals surface area contributed by atoms with Crippen LogP contribution < -0.4 is 30.7 Å². The predicted octanol–water partition coefficient (Wildman–Crippen LogP) is 8.28. The van der Waals surface area contributed by atoms with Crippen molar-refractivity contribution < 1.29 is 42.5 Å². The van der Waals surface area contributed by atoms with Gasteiger partial charge in [0.2, 0.25) is 17.7 Å². The number of piperidine rings is 2. The van der Waals surface area contributed by atoms with Crippen LogP contribution in [-0.2, 0) is 22.2 Å². The number of aryl methyl sites for hydroxylation is 1. The number of likely N-dealkylation sites (tertiary alicyclic amines) is 2. The first-order chi connectivity index (χ1) is 36.6. The number of primary amides is 1. The number of aromatic nitrogens is 2. The van der Waals surface area contributed by atoms with E-state index in [0.717, 1.165) is 100 Å². The molecule has 4 aliphatic heterocycles. The van der Waals surface area contributed by atoms with Crippen LogP contribution in [0.1, 0.15) is 116 Å². The first-order valence-corrected chi connectivity index (χ1v) is 27.5. The van der Waals surface area contributed by atoms with Crippen LogP contribution in [0.15, 0.2) is 66.7 Å². The molecule has 76 heavy (non-hydrogen) atoms. The molecule has 0 radical (unpaired) electrons. The van der Waals surface area contributed by atoms with Crippen LogP contribution in [0.4, 0.5) is 19.4 Å². The molecule has 0 spiro atoms. The van der Waals surface area contributed by atoms with Crippen LogP contribution >= 0.6 is 11.6 Å². The summed E-state index contributed by atoms with van der Waals surface area (Å²) in [7, 11) is 1.89. The highest BCUT2D eigenvalue weighted by molar-refractivity contribution is 6.34. The van der Waals surface area contributed by atoms with Gasteiger partial charge in [-0.05, 0) is 130 Å². The summed E-state index contributed by atoms with van der Waals surface area (Å²) in [5, 5.41) is 21.1. The second-order valence-corrected chi connectivity index (χ2v) is 23.3. The number of carbonyl (C=O) groups is 4. The fourth-order valence-electron chi connectivity index (χ4n) is 15.4. The quantitative estimate of drug-likeness (QED) is 0.0895. The standard InChI is InChI=1S/C58H65ClF2N8O7/c1-33-47-45(26-42(60)50(59)49(47)48-41(52(62)72)10-11-44(51(48)61)75-23-22-70)76-58(33,38-6-4-3-5-7-38)32-63-57-29-34-24-35(30-57)28-56(27-34,31-57)54(73)68-19-14-39(15-20-68)67-17-12-36(13-18-67)37-8-9-40-43(25-37)66(2)65-53(40)69-21-16-46(71)64-55(69)74/h3-11,25-26,33-36,39,63,70H,12-24,27-32H2,1-2H3,(H2,62,72)(H,64,71,74). The molecule has 5 amide bonds. The Labute approximate surface area is 445 Å². The van der Waals surface area contributed by atoms with E-state index in [2.05, 4.69) is 43.7 Å². The van der Waals surface area contributed by atoms with Crippen molar-refractivity contribution in [1.82, 2.24) is 30.2 Å². The van der Waals surface area contributed by atoms with E-state index in [1.54, 1.807) is 4.90 Å². The molecular formula is C58H65ClF2N8O7. The summed E-state index contributed by atoms with van der Waals surface area (Å²) in [5.41, 5.74) is 6.78. The Kier molecular flexibility index (Phi) is 12.9. The summed E-state index contributed by atoms with van der Waals surface area (Å²) in [5.74, 6) is -1.64. The minimum atomic E-state index is -1.14. The van der Waals surface area contributed by atoms with Crippen molar-refractivity contribution in [2.75, 3.05) is 57.4 Å². The number of aliphatic hydroxyl groups excluding tert-OH is 1. The second kappa shape index (κ2) is 19.4. The molecular weight excluding hydrogens is 994 g/mol. The lowest BCUT2D eigenvalue weighted by Gasteiger charge is -2.62. The molecule has 1 aromatic heterocycles. The van der Waals surface area contributed by atoms with Crippen molar-refractivity contribution in [2.45, 2.75) is 107 Å². The second-order valence-electron chi connectivity index (χ2n) is 23.0. The number of nitrogens with zero attached hydrogens (tertiary/aromatic N) is 5. The van der Waals surface area contributed by atoms with Crippen LogP contribution in [0.3, 0.4) is 0 Å². The number of hydrogen-bond donors (Lipinski definition) is 4. The fraction of sp³-hybridized carbons (Fsp3) is 0.500. The average molecular weight is 1060 g/mol. The largest absolute Gasteiger partial charge is 0.488 e. The van der Waals surface area contributed by atoms with E-state index in [1.165, 1.54) is 23.8 Å². The summed E-state index contributed by atoms with van der Waals surface area (Å²) in [6.07, 6.45) is 9.64. The molecule has 13 rings (SSSR count). The molecule has 7 fully saturated rings. The fourth-order valence-corrected chi connectivity index (χ4v) is 15.6. The minimum absolute atomic E-state index is 0.0438. The molecule has 400 valence electrons. The van der Waals surface area contributed by atoms with Crippen molar-refractivity contribution >= 4 is 52.1 Å². The van der Waals surface area contributed by atoms with Gasteiger partial charge in [-0.2, -0.15) is 5.10 Å². The van der Waals surface area contributed by atoms with Crippen LogP contribution in [0.25, 0.3) is 22.0 Å². The summed E-state index contributed by atoms with van der Waals surface area (Å²) >= 11 is 6.83. The summed E-state index contributed by atoms with van der Waals surface area (Å²) in [6.45, 7) is 5.40. The molecule has 4 saturated carbocycles. The maximum Gasteiger partial charge on any atom is 0.329 e. The van der Waals surface area contributed by atoms with Gasteiger partial charge >= 0.3 is 6.03 Å². The maximum atomic E-state index is 16.7. The van der Waals surface area contributed by atoms with E-state index in [4.69, 9.17) is 26.8 Å². The first-order valence-electron chi connectivity index (χ1n) is 27.1. The Morgan fingerprint density at radius 3 is 2.38 bits per heavy atom. The highest BCUT2D eigenvalue weighted by atomic mass is 35.5. The Bertz CT molecular complexity index is 3140. The van der Waals surface area contributed by atoms with Crippen LogP contribution in [0.5, 0.6) is 11.5 Å². The SMILES string of the molecule is CC1c2c(cc(F)c(Cl)c2-c2c(C(N)=O)ccc(OCCO)c2F)OC1(CNC12CC3CC(C1)CC(C(=O)N1CCC(N4CCC(c5ccc6c(N7CCC(=O)NC7=O)nn(C)c6c5)CC4)CC1)(C3)C2)c1ccccc1. The van der Waals surface area contributed by atoms with Gasteiger partial charge in [0.05, 0.1) is 28.1 Å². The molecule has 4 unspecified atom stereocenters. The van der Waals surface area contributed by atoms with E-state index < -0.39 is 40.5 Å². The van der Waals surface area contributed by atoms with Gasteiger partial charge in [-0.25, -0.2) is 13.6 Å². The molecule has 3 saturated heterocycles. The van der Waals surface area contributed by atoms with E-state index in [0.29, 0.717) is 54.7 Å². The highest BCUT2D eigenvalue weighted by Gasteiger charge is 2.62. The number of fused-ring (bicyclic) bond motifs is 2. The Morgan fingerprint density at radius 2 is 1.68 bits per heavy atom. The van der Waals surface area contributed by atoms with Gasteiger partial charge in [0.25, 0.3) is 0 Å². The molecule has 4 aliphatic carbocycles. The first kappa shape index (κ1) is 50.7. The lowest BCUT2D eigenvalue weighted by molar-refractivity contribution is -0.163. The molecule has 8 aliphatic rings. The van der Waals surface area contributed by atoms with E-state index in [9.17, 15) is 19.5 Å². The van der Waals surface area contributed by atoms with E-state index in [1.807, 2.05) is 49.0 Å². The zero-order chi connectivity index (χ0) is 52.8. The van der Waals surface area contributed by atoms with E-state index >= 15 is 13.6 Å². The average Bonchev–Trinajstić information content (AvgIpc) is 4.02. The third-order valence-corrected chi connectivity index (χ3v) is 18.9. The number of benzene rings is 4. The molecule has 5 aromatic rings. The van der Waals surface area contributed by atoms with Crippen molar-refractivity contribution in [3.8, 4) is 22.6 Å². The number of ether oxygens (including phenoxy) is 2. The number of urea groups is 1.